The zero-order valence-electron chi connectivity index (χ0n) is 18.7. The smallest absolute Gasteiger partial charge is 0.254 e. The molecule has 1 amide bonds. The first-order chi connectivity index (χ1) is 17.0. The summed E-state index contributed by atoms with van der Waals surface area (Å²) in [7, 11) is 1.54. The van der Waals surface area contributed by atoms with Gasteiger partial charge in [-0.2, -0.15) is 0 Å². The number of pyridine rings is 1. The first kappa shape index (κ1) is 22.4. The highest BCUT2D eigenvalue weighted by molar-refractivity contribution is 6.31. The van der Waals surface area contributed by atoms with Gasteiger partial charge in [0.05, 0.1) is 11.8 Å². The van der Waals surface area contributed by atoms with E-state index in [9.17, 15) is 9.59 Å². The number of nitrogens with one attached hydrogen (secondary N) is 2. The number of ether oxygens (including phenoxy) is 2. The molecule has 0 saturated carbocycles. The first-order valence-electron chi connectivity index (χ1n) is 10.8. The molecule has 5 rings (SSSR count). The molecule has 0 fully saturated rings. The summed E-state index contributed by atoms with van der Waals surface area (Å²) in [5, 5.41) is 5.57. The molecule has 7 nitrogen and oxygen atoms in total. The van der Waals surface area contributed by atoms with Gasteiger partial charge in [-0.05, 0) is 59.3 Å². The Labute approximate surface area is 205 Å². The van der Waals surface area contributed by atoms with Gasteiger partial charge in [0.1, 0.15) is 17.2 Å². The van der Waals surface area contributed by atoms with E-state index in [1.54, 1.807) is 55.0 Å². The molecule has 2 N–H and O–H groups in total. The maximum atomic E-state index is 13.0. The maximum absolute atomic E-state index is 13.0. The zero-order valence-corrected chi connectivity index (χ0v) is 19.4. The fraction of sp³-hybridized carbons (Fsp3) is 0.0741. The third kappa shape index (κ3) is 4.67. The summed E-state index contributed by atoms with van der Waals surface area (Å²) in [5.41, 5.74) is 1.57. The predicted molar refractivity (Wildman–Crippen MR) is 135 cm³/mol. The van der Waals surface area contributed by atoms with Crippen molar-refractivity contribution in [2.24, 2.45) is 0 Å². The van der Waals surface area contributed by atoms with Crippen LogP contribution in [0.25, 0.3) is 21.7 Å². The average Bonchev–Trinajstić information content (AvgIpc) is 3.30. The second-order valence-electron chi connectivity index (χ2n) is 7.83. The quantitative estimate of drug-likeness (QED) is 0.285. The Morgan fingerprint density at radius 3 is 2.69 bits per heavy atom. The minimum Gasteiger partial charge on any atom is -0.485 e. The molecule has 35 heavy (non-hydrogen) atoms. The van der Waals surface area contributed by atoms with Crippen molar-refractivity contribution < 1.29 is 19.1 Å². The van der Waals surface area contributed by atoms with Gasteiger partial charge in [0.2, 0.25) is 5.78 Å². The lowest BCUT2D eigenvalue weighted by Crippen LogP contribution is -2.20. The van der Waals surface area contributed by atoms with Gasteiger partial charge in [-0.15, -0.1) is 0 Å². The minimum absolute atomic E-state index is 0.226. The van der Waals surface area contributed by atoms with Gasteiger partial charge in [0.25, 0.3) is 5.91 Å². The molecular weight excluding hydrogens is 466 g/mol. The van der Waals surface area contributed by atoms with Gasteiger partial charge in [-0.3, -0.25) is 14.6 Å². The number of amides is 1. The lowest BCUT2D eigenvalue weighted by Gasteiger charge is -2.12. The molecule has 2 aromatic heterocycles. The van der Waals surface area contributed by atoms with Gasteiger partial charge in [-0.1, -0.05) is 17.7 Å². The molecule has 0 saturated heterocycles. The van der Waals surface area contributed by atoms with Gasteiger partial charge in [-0.25, -0.2) is 0 Å². The Bertz CT molecular complexity index is 1560. The van der Waals surface area contributed by atoms with E-state index in [2.05, 4.69) is 15.3 Å². The van der Waals surface area contributed by atoms with E-state index in [1.165, 1.54) is 7.05 Å². The normalized spacial score (nSPS) is 10.9. The Balaban J connectivity index is 1.37. The molecule has 5 aromatic rings. The monoisotopic (exact) mass is 485 g/mol. The van der Waals surface area contributed by atoms with Gasteiger partial charge in [0, 0.05) is 47.0 Å². The summed E-state index contributed by atoms with van der Waals surface area (Å²) in [6.07, 6.45) is 4.94. The Morgan fingerprint density at radius 1 is 1.00 bits per heavy atom. The van der Waals surface area contributed by atoms with E-state index >= 15 is 0 Å². The third-order valence-corrected chi connectivity index (χ3v) is 5.79. The van der Waals surface area contributed by atoms with E-state index in [4.69, 9.17) is 21.1 Å². The molecule has 0 aliphatic carbocycles. The van der Waals surface area contributed by atoms with Crippen LogP contribution in [0.5, 0.6) is 17.2 Å². The topological polar surface area (TPSA) is 93.3 Å². The van der Waals surface area contributed by atoms with Crippen molar-refractivity contribution in [3.05, 3.63) is 95.4 Å². The number of benzene rings is 3. The number of aromatic amines is 1. The number of carbonyl (C=O) groups is 2. The zero-order chi connectivity index (χ0) is 24.4. The number of halogens is 1. The van der Waals surface area contributed by atoms with Crippen LogP contribution in [0.4, 0.5) is 0 Å². The van der Waals surface area contributed by atoms with E-state index < -0.39 is 0 Å². The number of Topliss-reactive ketones (excluding diaryl/α,β-unsaturated/α-hetero) is 1. The number of hydrogen-bond acceptors (Lipinski definition) is 5. The summed E-state index contributed by atoms with van der Waals surface area (Å²) >= 11 is 6.09. The van der Waals surface area contributed by atoms with E-state index in [-0.39, 0.29) is 18.3 Å². The van der Waals surface area contributed by atoms with Crippen molar-refractivity contribution in [2.75, 3.05) is 13.7 Å². The Hall–Kier alpha value is -4.36. The van der Waals surface area contributed by atoms with Crippen molar-refractivity contribution in [2.45, 2.75) is 0 Å². The summed E-state index contributed by atoms with van der Waals surface area (Å²) in [5.74, 6) is 1.01. The van der Waals surface area contributed by atoms with Crippen LogP contribution in [0.2, 0.25) is 5.02 Å². The maximum Gasteiger partial charge on any atom is 0.254 e. The van der Waals surface area contributed by atoms with E-state index in [0.717, 1.165) is 21.7 Å². The molecule has 174 valence electrons. The second-order valence-corrected chi connectivity index (χ2v) is 8.27. The van der Waals surface area contributed by atoms with Crippen LogP contribution >= 0.6 is 11.6 Å². The number of aromatic nitrogens is 2. The van der Waals surface area contributed by atoms with Crippen LogP contribution in [0.1, 0.15) is 20.7 Å². The van der Waals surface area contributed by atoms with Crippen molar-refractivity contribution in [1.82, 2.24) is 15.3 Å². The molecule has 3 aromatic carbocycles. The largest absolute Gasteiger partial charge is 0.485 e. The molecule has 2 heterocycles. The number of rotatable bonds is 7. The molecular formula is C27H20ClN3O4. The first-order valence-corrected chi connectivity index (χ1v) is 11.2. The standard InChI is InChI=1S/C27H20ClN3O4/c1-29-27(33)22-10-17-9-18(28)5-4-16(17)11-26(22)34-15-25(32)23-14-31-24-12-19(6-7-21(23)24)35-20-3-2-8-30-13-20/h2-14,31H,15H2,1H3,(H,29,33). The molecule has 0 radical (unpaired) electrons. The second kappa shape index (κ2) is 9.48. The summed E-state index contributed by atoms with van der Waals surface area (Å²) in [6, 6.07) is 17.8. The van der Waals surface area contributed by atoms with Crippen LogP contribution in [0.15, 0.2) is 79.3 Å². The number of nitrogens with zero attached hydrogens (tertiary/aromatic N) is 1. The lowest BCUT2D eigenvalue weighted by atomic mass is 10.1. The predicted octanol–water partition coefficient (Wildman–Crippen LogP) is 5.78. The van der Waals surface area contributed by atoms with E-state index in [0.29, 0.717) is 33.4 Å². The number of carbonyl (C=O) groups excluding carboxylic acids is 2. The molecule has 0 atom stereocenters. The molecule has 0 bridgehead atoms. The number of fused-ring (bicyclic) bond motifs is 2. The van der Waals surface area contributed by atoms with Crippen molar-refractivity contribution in [3.63, 3.8) is 0 Å². The van der Waals surface area contributed by atoms with Crippen LogP contribution < -0.4 is 14.8 Å². The SMILES string of the molecule is CNC(=O)c1cc2cc(Cl)ccc2cc1OCC(=O)c1c[nH]c2cc(Oc3cccnc3)ccc12. The summed E-state index contributed by atoms with van der Waals surface area (Å²) in [4.78, 5) is 32.6. The number of hydrogen-bond donors (Lipinski definition) is 2. The average molecular weight is 486 g/mol. The molecule has 0 unspecified atom stereocenters. The van der Waals surface area contributed by atoms with Crippen molar-refractivity contribution >= 4 is 45.0 Å². The Kier molecular flexibility index (Phi) is 6.08. The highest BCUT2D eigenvalue weighted by Gasteiger charge is 2.17. The van der Waals surface area contributed by atoms with Crippen LogP contribution in [-0.2, 0) is 0 Å². The fourth-order valence-corrected chi connectivity index (χ4v) is 4.02. The van der Waals surface area contributed by atoms with E-state index in [1.807, 2.05) is 24.3 Å². The summed E-state index contributed by atoms with van der Waals surface area (Å²) < 4.78 is 11.7. The molecule has 8 heteroatoms. The van der Waals surface area contributed by atoms with Crippen molar-refractivity contribution in [3.8, 4) is 17.2 Å². The van der Waals surface area contributed by atoms with Gasteiger partial charge in [0.15, 0.2) is 6.61 Å². The molecule has 0 aliphatic rings. The third-order valence-electron chi connectivity index (χ3n) is 5.55. The molecule has 0 spiro atoms. The summed E-state index contributed by atoms with van der Waals surface area (Å²) in [6.45, 7) is -0.232. The van der Waals surface area contributed by atoms with Crippen LogP contribution in [0, 0.1) is 0 Å². The van der Waals surface area contributed by atoms with Gasteiger partial charge < -0.3 is 19.8 Å². The fourth-order valence-electron chi connectivity index (χ4n) is 3.84. The highest BCUT2D eigenvalue weighted by atomic mass is 35.5. The lowest BCUT2D eigenvalue weighted by molar-refractivity contribution is 0.0908. The van der Waals surface area contributed by atoms with Crippen LogP contribution in [0.3, 0.4) is 0 Å². The number of ketones is 1. The van der Waals surface area contributed by atoms with Crippen LogP contribution in [-0.4, -0.2) is 35.3 Å². The number of H-pyrrole nitrogens is 1. The minimum atomic E-state index is -0.317. The Morgan fingerprint density at radius 2 is 1.89 bits per heavy atom. The highest BCUT2D eigenvalue weighted by Crippen LogP contribution is 2.30. The van der Waals surface area contributed by atoms with Crippen molar-refractivity contribution in [1.29, 1.82) is 0 Å². The molecule has 0 aliphatic heterocycles. The van der Waals surface area contributed by atoms with Gasteiger partial charge >= 0.3 is 0 Å².